The van der Waals surface area contributed by atoms with Gasteiger partial charge < -0.3 is 24.4 Å². The number of hydrogen-bond acceptors (Lipinski definition) is 6. The zero-order valence-electron chi connectivity index (χ0n) is 18.4. The number of hydrogen-bond donors (Lipinski definition) is 2. The fourth-order valence-corrected chi connectivity index (χ4v) is 5.49. The number of ether oxygens (including phenoxy) is 3. The van der Waals surface area contributed by atoms with E-state index in [0.29, 0.717) is 12.3 Å². The first-order valence-corrected chi connectivity index (χ1v) is 11.2. The zero-order valence-corrected chi connectivity index (χ0v) is 18.4. The Morgan fingerprint density at radius 3 is 2.88 bits per heavy atom. The monoisotopic (exact) mass is 439 g/mol. The van der Waals surface area contributed by atoms with Gasteiger partial charge >= 0.3 is 5.97 Å². The van der Waals surface area contributed by atoms with Crippen LogP contribution in [0.15, 0.2) is 42.5 Å². The summed E-state index contributed by atoms with van der Waals surface area (Å²) in [7, 11) is 0. The van der Waals surface area contributed by atoms with Crippen molar-refractivity contribution in [2.75, 3.05) is 13.2 Å². The second-order valence-corrected chi connectivity index (χ2v) is 9.48. The van der Waals surface area contributed by atoms with Gasteiger partial charge in [0.05, 0.1) is 12.2 Å². The van der Waals surface area contributed by atoms with Crippen LogP contribution in [0.25, 0.3) is 0 Å². The van der Waals surface area contributed by atoms with Gasteiger partial charge in [-0.1, -0.05) is 18.2 Å². The average Bonchev–Trinajstić information content (AvgIpc) is 3.14. The molecule has 0 aromatic heterocycles. The fourth-order valence-electron chi connectivity index (χ4n) is 5.49. The van der Waals surface area contributed by atoms with E-state index in [2.05, 4.69) is 18.7 Å². The Morgan fingerprint density at radius 2 is 2.06 bits per heavy atom. The maximum atomic E-state index is 10.9. The molecule has 2 N–H and O–H groups in total. The minimum Gasteiger partial charge on any atom is -0.508 e. The number of phenols is 1. The quantitative estimate of drug-likeness (QED) is 0.734. The standard InChI is InChI=1S/C25H29NO6/c1-25(2)18-12-19-22(31-24(18)17-11-16(27)7-8-21(17)32-25)9-10-26(19)13-15-5-3-4-6-20(15)30-14-23(28)29/h3-8,11,18-19,22,24,27H,9-10,12-14H2,1-2H3,(H,28,29)/t18-,19+,22-,24+/m0/s1. The van der Waals surface area contributed by atoms with E-state index >= 15 is 0 Å². The molecule has 170 valence electrons. The molecule has 0 bridgehead atoms. The second-order valence-electron chi connectivity index (χ2n) is 9.48. The number of para-hydroxylation sites is 1. The highest BCUT2D eigenvalue weighted by Crippen LogP contribution is 2.53. The van der Waals surface area contributed by atoms with Crippen LogP contribution in [-0.4, -0.2) is 52.0 Å². The number of carboxylic acids is 1. The Kier molecular flexibility index (Phi) is 5.26. The van der Waals surface area contributed by atoms with E-state index in [9.17, 15) is 9.90 Å². The summed E-state index contributed by atoms with van der Waals surface area (Å²) in [6, 6.07) is 13.1. The van der Waals surface area contributed by atoms with Gasteiger partial charge in [-0.15, -0.1) is 0 Å². The van der Waals surface area contributed by atoms with Crippen molar-refractivity contribution in [1.82, 2.24) is 4.90 Å². The predicted molar refractivity (Wildman–Crippen MR) is 117 cm³/mol. The van der Waals surface area contributed by atoms with Gasteiger partial charge in [-0.05, 0) is 51.0 Å². The van der Waals surface area contributed by atoms with Crippen molar-refractivity contribution in [3.05, 3.63) is 53.6 Å². The van der Waals surface area contributed by atoms with E-state index in [4.69, 9.17) is 19.3 Å². The highest BCUT2D eigenvalue weighted by Gasteiger charge is 2.53. The second kappa shape index (κ2) is 7.98. The normalized spacial score (nSPS) is 28.2. The van der Waals surface area contributed by atoms with Crippen molar-refractivity contribution in [3.8, 4) is 17.2 Å². The lowest BCUT2D eigenvalue weighted by Crippen LogP contribution is -2.53. The van der Waals surface area contributed by atoms with E-state index in [1.54, 1.807) is 12.1 Å². The molecule has 5 rings (SSSR count). The van der Waals surface area contributed by atoms with Gasteiger partial charge in [0.15, 0.2) is 6.61 Å². The van der Waals surface area contributed by atoms with Crippen molar-refractivity contribution in [2.24, 2.45) is 5.92 Å². The molecular formula is C25H29NO6. The number of benzene rings is 2. The molecule has 7 heteroatoms. The largest absolute Gasteiger partial charge is 0.508 e. The number of carbonyl (C=O) groups is 1. The van der Waals surface area contributed by atoms with E-state index in [-0.39, 0.29) is 36.5 Å². The lowest BCUT2D eigenvalue weighted by Gasteiger charge is -2.50. The third-order valence-corrected chi connectivity index (χ3v) is 7.04. The lowest BCUT2D eigenvalue weighted by molar-refractivity contribution is -0.162. The van der Waals surface area contributed by atoms with Gasteiger partial charge in [-0.25, -0.2) is 4.79 Å². The van der Waals surface area contributed by atoms with Crippen LogP contribution in [-0.2, 0) is 16.1 Å². The molecule has 2 fully saturated rings. The first kappa shape index (κ1) is 21.1. The van der Waals surface area contributed by atoms with Gasteiger partial charge in [0.2, 0.25) is 0 Å². The zero-order chi connectivity index (χ0) is 22.5. The van der Waals surface area contributed by atoms with Crippen LogP contribution in [0.1, 0.15) is 43.9 Å². The number of phenolic OH excluding ortho intramolecular Hbond substituents is 1. The van der Waals surface area contributed by atoms with Gasteiger partial charge in [0.1, 0.15) is 22.8 Å². The molecule has 0 unspecified atom stereocenters. The molecule has 0 radical (unpaired) electrons. The molecule has 0 saturated carbocycles. The van der Waals surface area contributed by atoms with E-state index < -0.39 is 11.6 Å². The third kappa shape index (κ3) is 3.80. The first-order chi connectivity index (χ1) is 15.3. The van der Waals surface area contributed by atoms with Crippen LogP contribution in [0, 0.1) is 5.92 Å². The summed E-state index contributed by atoms with van der Waals surface area (Å²) in [5, 5.41) is 19.0. The Balaban J connectivity index is 1.37. The van der Waals surface area contributed by atoms with E-state index in [0.717, 1.165) is 36.3 Å². The van der Waals surface area contributed by atoms with Crippen LogP contribution >= 0.6 is 0 Å². The number of rotatable bonds is 5. The summed E-state index contributed by atoms with van der Waals surface area (Å²) < 4.78 is 18.5. The third-order valence-electron chi connectivity index (χ3n) is 7.04. The molecular weight excluding hydrogens is 410 g/mol. The molecule has 3 aliphatic heterocycles. The number of likely N-dealkylation sites (tertiary alicyclic amines) is 1. The smallest absolute Gasteiger partial charge is 0.341 e. The number of aromatic hydroxyl groups is 1. The summed E-state index contributed by atoms with van der Waals surface area (Å²) in [4.78, 5) is 13.4. The summed E-state index contributed by atoms with van der Waals surface area (Å²) in [5.41, 5.74) is 1.51. The first-order valence-electron chi connectivity index (χ1n) is 11.2. The van der Waals surface area contributed by atoms with Crippen molar-refractivity contribution >= 4 is 5.97 Å². The van der Waals surface area contributed by atoms with Gasteiger partial charge in [-0.2, -0.15) is 0 Å². The van der Waals surface area contributed by atoms with Crippen LogP contribution in [0.4, 0.5) is 0 Å². The number of fused-ring (bicyclic) bond motifs is 4. The summed E-state index contributed by atoms with van der Waals surface area (Å²) in [6.07, 6.45) is 1.86. The van der Waals surface area contributed by atoms with Crippen molar-refractivity contribution in [2.45, 2.75) is 57.1 Å². The minimum atomic E-state index is -0.987. The molecule has 7 nitrogen and oxygen atoms in total. The lowest BCUT2D eigenvalue weighted by atomic mass is 9.74. The topological polar surface area (TPSA) is 88.5 Å². The van der Waals surface area contributed by atoms with Gasteiger partial charge in [0.25, 0.3) is 0 Å². The molecule has 3 heterocycles. The summed E-state index contributed by atoms with van der Waals surface area (Å²) in [5.74, 6) is 0.781. The van der Waals surface area contributed by atoms with Crippen LogP contribution in [0.3, 0.4) is 0 Å². The molecule has 0 aliphatic carbocycles. The van der Waals surface area contributed by atoms with Crippen molar-refractivity contribution in [3.63, 3.8) is 0 Å². The van der Waals surface area contributed by atoms with E-state index in [1.807, 2.05) is 30.3 Å². The molecule has 2 aromatic rings. The van der Waals surface area contributed by atoms with E-state index in [1.165, 1.54) is 0 Å². The highest BCUT2D eigenvalue weighted by molar-refractivity contribution is 5.68. The Hall–Kier alpha value is -2.77. The maximum absolute atomic E-state index is 10.9. The number of aliphatic carboxylic acids is 1. The maximum Gasteiger partial charge on any atom is 0.341 e. The summed E-state index contributed by atoms with van der Waals surface area (Å²) in [6.45, 7) is 5.44. The molecule has 0 amide bonds. The SMILES string of the molecule is CC1(C)Oc2ccc(O)cc2[C@H]2O[C@H]3CCN(Cc4ccccc4OCC(=O)O)[C@@H]3C[C@@H]21. The van der Waals surface area contributed by atoms with Crippen molar-refractivity contribution < 1.29 is 29.2 Å². The Bertz CT molecular complexity index is 1020. The van der Waals surface area contributed by atoms with Crippen molar-refractivity contribution in [1.29, 1.82) is 0 Å². The van der Waals surface area contributed by atoms with Crippen LogP contribution < -0.4 is 9.47 Å². The number of nitrogens with zero attached hydrogens (tertiary/aromatic N) is 1. The number of carboxylic acid groups (broad SMARTS) is 1. The van der Waals surface area contributed by atoms with Crippen LogP contribution in [0.2, 0.25) is 0 Å². The molecule has 0 spiro atoms. The molecule has 32 heavy (non-hydrogen) atoms. The average molecular weight is 440 g/mol. The molecule has 2 saturated heterocycles. The summed E-state index contributed by atoms with van der Waals surface area (Å²) >= 11 is 0. The predicted octanol–water partition coefficient (Wildman–Crippen LogP) is 3.75. The minimum absolute atomic E-state index is 0.103. The van der Waals surface area contributed by atoms with Gasteiger partial charge in [-0.3, -0.25) is 4.90 Å². The van der Waals surface area contributed by atoms with Crippen LogP contribution in [0.5, 0.6) is 17.2 Å². The highest BCUT2D eigenvalue weighted by atomic mass is 16.5. The molecule has 4 atom stereocenters. The fraction of sp³-hybridized carbons (Fsp3) is 0.480. The molecule has 2 aromatic carbocycles. The Morgan fingerprint density at radius 1 is 1.25 bits per heavy atom. The Labute approximate surface area is 187 Å². The molecule has 3 aliphatic rings. The van der Waals surface area contributed by atoms with Gasteiger partial charge in [0, 0.05) is 36.2 Å².